The van der Waals surface area contributed by atoms with E-state index in [1.165, 1.54) is 7.11 Å². The molecule has 0 aliphatic rings. The Bertz CT molecular complexity index is 289. The van der Waals surface area contributed by atoms with E-state index in [2.05, 4.69) is 4.84 Å². The Morgan fingerprint density at radius 3 is 2.79 bits per heavy atom. The zero-order valence-corrected chi connectivity index (χ0v) is 8.19. The number of phenols is 1. The molecule has 0 saturated heterocycles. The summed E-state index contributed by atoms with van der Waals surface area (Å²) in [6.07, 6.45) is 1.66. The summed E-state index contributed by atoms with van der Waals surface area (Å²) >= 11 is 0. The fourth-order valence-electron chi connectivity index (χ4n) is 1.25. The molecule has 0 aliphatic heterocycles. The average Bonchev–Trinajstić information content (AvgIpc) is 2.18. The molecule has 1 aromatic carbocycles. The van der Waals surface area contributed by atoms with Gasteiger partial charge in [-0.05, 0) is 30.5 Å². The number of hydrogen-bond donors (Lipinski definition) is 2. The molecule has 0 atom stereocenters. The van der Waals surface area contributed by atoms with Crippen molar-refractivity contribution in [1.82, 2.24) is 0 Å². The molecule has 14 heavy (non-hydrogen) atoms. The minimum Gasteiger partial charge on any atom is -0.504 e. The molecule has 78 valence electrons. The van der Waals surface area contributed by atoms with Crippen LogP contribution in [0, 0.1) is 0 Å². The molecular weight excluding hydrogens is 182 g/mol. The summed E-state index contributed by atoms with van der Waals surface area (Å²) in [7, 11) is 1.52. The van der Waals surface area contributed by atoms with Crippen LogP contribution in [-0.4, -0.2) is 18.8 Å². The highest BCUT2D eigenvalue weighted by molar-refractivity contribution is 5.41. The Morgan fingerprint density at radius 1 is 1.43 bits per heavy atom. The first-order valence-electron chi connectivity index (χ1n) is 4.45. The molecule has 1 rings (SSSR count). The highest BCUT2D eigenvalue weighted by Gasteiger charge is 2.01. The monoisotopic (exact) mass is 197 g/mol. The van der Waals surface area contributed by atoms with Crippen molar-refractivity contribution in [3.63, 3.8) is 0 Å². The number of hydrogen-bond acceptors (Lipinski definition) is 4. The van der Waals surface area contributed by atoms with Crippen molar-refractivity contribution in [3.8, 4) is 11.5 Å². The van der Waals surface area contributed by atoms with Gasteiger partial charge in [-0.25, -0.2) is 5.90 Å². The van der Waals surface area contributed by atoms with Gasteiger partial charge in [-0.1, -0.05) is 6.07 Å². The third-order valence-electron chi connectivity index (χ3n) is 1.97. The third-order valence-corrected chi connectivity index (χ3v) is 1.97. The van der Waals surface area contributed by atoms with Crippen LogP contribution in [0.15, 0.2) is 18.2 Å². The van der Waals surface area contributed by atoms with E-state index < -0.39 is 0 Å². The normalized spacial score (nSPS) is 10.1. The van der Waals surface area contributed by atoms with Crippen molar-refractivity contribution in [3.05, 3.63) is 23.8 Å². The molecule has 0 heterocycles. The van der Waals surface area contributed by atoms with Gasteiger partial charge < -0.3 is 14.7 Å². The van der Waals surface area contributed by atoms with E-state index in [9.17, 15) is 5.11 Å². The Morgan fingerprint density at radius 2 is 2.21 bits per heavy atom. The van der Waals surface area contributed by atoms with Crippen molar-refractivity contribution in [2.45, 2.75) is 12.8 Å². The highest BCUT2D eigenvalue weighted by atomic mass is 16.6. The second kappa shape index (κ2) is 5.47. The number of rotatable bonds is 5. The smallest absolute Gasteiger partial charge is 0.160 e. The highest BCUT2D eigenvalue weighted by Crippen LogP contribution is 2.26. The van der Waals surface area contributed by atoms with Crippen molar-refractivity contribution in [2.75, 3.05) is 13.7 Å². The Hall–Kier alpha value is -1.26. The number of aryl methyl sites for hydroxylation is 1. The van der Waals surface area contributed by atoms with Crippen LogP contribution in [0.2, 0.25) is 0 Å². The van der Waals surface area contributed by atoms with Crippen LogP contribution in [0.5, 0.6) is 11.5 Å². The van der Waals surface area contributed by atoms with Crippen LogP contribution in [0.3, 0.4) is 0 Å². The molecule has 4 nitrogen and oxygen atoms in total. The summed E-state index contributed by atoms with van der Waals surface area (Å²) in [6, 6.07) is 5.35. The summed E-state index contributed by atoms with van der Waals surface area (Å²) in [5.74, 6) is 5.55. The number of methoxy groups -OCH3 is 1. The quantitative estimate of drug-likeness (QED) is 0.550. The van der Waals surface area contributed by atoms with Crippen molar-refractivity contribution >= 4 is 0 Å². The van der Waals surface area contributed by atoms with Crippen LogP contribution in [0.4, 0.5) is 0 Å². The lowest BCUT2D eigenvalue weighted by Crippen LogP contribution is -2.01. The first kappa shape index (κ1) is 10.8. The number of aromatic hydroxyl groups is 1. The van der Waals surface area contributed by atoms with E-state index in [1.807, 2.05) is 6.07 Å². The molecule has 0 spiro atoms. The maximum absolute atomic E-state index is 9.47. The van der Waals surface area contributed by atoms with Gasteiger partial charge in [0.2, 0.25) is 0 Å². The maximum atomic E-state index is 9.47. The molecule has 0 radical (unpaired) electrons. The summed E-state index contributed by atoms with van der Waals surface area (Å²) in [5.41, 5.74) is 1.04. The van der Waals surface area contributed by atoms with Gasteiger partial charge in [-0.3, -0.25) is 0 Å². The van der Waals surface area contributed by atoms with E-state index in [0.29, 0.717) is 12.4 Å². The number of nitrogens with two attached hydrogens (primary N) is 1. The number of benzene rings is 1. The van der Waals surface area contributed by atoms with E-state index in [-0.39, 0.29) is 5.75 Å². The molecule has 1 aromatic rings. The fourth-order valence-corrected chi connectivity index (χ4v) is 1.25. The lowest BCUT2D eigenvalue weighted by Gasteiger charge is -2.05. The second-order valence-corrected chi connectivity index (χ2v) is 2.98. The second-order valence-electron chi connectivity index (χ2n) is 2.98. The molecule has 0 amide bonds. The van der Waals surface area contributed by atoms with Gasteiger partial charge in [0.25, 0.3) is 0 Å². The van der Waals surface area contributed by atoms with Crippen molar-refractivity contribution in [1.29, 1.82) is 0 Å². The van der Waals surface area contributed by atoms with Crippen LogP contribution in [-0.2, 0) is 11.3 Å². The molecule has 0 bridgehead atoms. The Labute approximate surface area is 83.2 Å². The fraction of sp³-hybridized carbons (Fsp3) is 0.400. The maximum Gasteiger partial charge on any atom is 0.160 e. The van der Waals surface area contributed by atoms with Gasteiger partial charge in [-0.2, -0.15) is 0 Å². The van der Waals surface area contributed by atoms with Gasteiger partial charge in [0, 0.05) is 0 Å². The molecular formula is C10H15NO3. The summed E-state index contributed by atoms with van der Waals surface area (Å²) in [5, 5.41) is 9.47. The minimum atomic E-state index is 0.165. The molecule has 0 aromatic heterocycles. The molecule has 0 fully saturated rings. The summed E-state index contributed by atoms with van der Waals surface area (Å²) in [6.45, 7) is 0.521. The first-order valence-corrected chi connectivity index (χ1v) is 4.45. The SMILES string of the molecule is COc1ccc(CCCON)cc1O. The Kier molecular flexibility index (Phi) is 4.22. The Balaban J connectivity index is 2.57. The lowest BCUT2D eigenvalue weighted by molar-refractivity contribution is 0.135. The largest absolute Gasteiger partial charge is 0.504 e. The van der Waals surface area contributed by atoms with Crippen LogP contribution < -0.4 is 10.6 Å². The average molecular weight is 197 g/mol. The van der Waals surface area contributed by atoms with E-state index in [1.54, 1.807) is 12.1 Å². The summed E-state index contributed by atoms with van der Waals surface area (Å²) < 4.78 is 4.93. The predicted octanol–water partition coefficient (Wildman–Crippen LogP) is 1.22. The van der Waals surface area contributed by atoms with Crippen molar-refractivity contribution in [2.24, 2.45) is 5.90 Å². The zero-order valence-electron chi connectivity index (χ0n) is 8.19. The number of ether oxygens (including phenoxy) is 1. The molecule has 3 N–H and O–H groups in total. The van der Waals surface area contributed by atoms with Gasteiger partial charge in [-0.15, -0.1) is 0 Å². The van der Waals surface area contributed by atoms with Gasteiger partial charge >= 0.3 is 0 Å². The molecule has 0 saturated carbocycles. The zero-order chi connectivity index (χ0) is 10.4. The summed E-state index contributed by atoms with van der Waals surface area (Å²) in [4.78, 5) is 4.45. The van der Waals surface area contributed by atoms with Gasteiger partial charge in [0.15, 0.2) is 11.5 Å². The lowest BCUT2D eigenvalue weighted by atomic mass is 10.1. The molecule has 0 unspecified atom stereocenters. The molecule has 4 heteroatoms. The standard InChI is InChI=1S/C10H15NO3/c1-13-10-5-4-8(7-9(10)12)3-2-6-14-11/h4-5,7,12H,2-3,6,11H2,1H3. The van der Waals surface area contributed by atoms with Crippen LogP contribution in [0.25, 0.3) is 0 Å². The van der Waals surface area contributed by atoms with Crippen molar-refractivity contribution < 1.29 is 14.7 Å². The van der Waals surface area contributed by atoms with Gasteiger partial charge in [0.05, 0.1) is 13.7 Å². The van der Waals surface area contributed by atoms with Crippen LogP contribution in [0.1, 0.15) is 12.0 Å². The van der Waals surface area contributed by atoms with Gasteiger partial charge in [0.1, 0.15) is 0 Å². The third kappa shape index (κ3) is 2.90. The van der Waals surface area contributed by atoms with Crippen LogP contribution >= 0.6 is 0 Å². The predicted molar refractivity (Wildman–Crippen MR) is 53.1 cm³/mol. The minimum absolute atomic E-state index is 0.165. The molecule has 0 aliphatic carbocycles. The van der Waals surface area contributed by atoms with E-state index >= 15 is 0 Å². The first-order chi connectivity index (χ1) is 6.77. The topological polar surface area (TPSA) is 64.7 Å². The van der Waals surface area contributed by atoms with E-state index in [4.69, 9.17) is 10.6 Å². The van der Waals surface area contributed by atoms with E-state index in [0.717, 1.165) is 18.4 Å². The number of phenolic OH excluding ortho intramolecular Hbond substituents is 1.